The van der Waals surface area contributed by atoms with Gasteiger partial charge in [0.25, 0.3) is 0 Å². The van der Waals surface area contributed by atoms with Crippen molar-refractivity contribution in [1.29, 1.82) is 0 Å². The largest absolute Gasteiger partial charge is 0.443 e. The molecular weight excluding hydrogens is 321 g/mol. The second kappa shape index (κ2) is 6.77. The molecule has 1 N–H and O–H groups in total. The molecule has 21 heavy (non-hydrogen) atoms. The molecule has 1 atom stereocenters. The fourth-order valence-electron chi connectivity index (χ4n) is 2.00. The van der Waals surface area contributed by atoms with Crippen molar-refractivity contribution in [2.24, 2.45) is 0 Å². The van der Waals surface area contributed by atoms with Gasteiger partial charge in [0.15, 0.2) is 5.01 Å². The van der Waals surface area contributed by atoms with E-state index in [0.717, 1.165) is 5.56 Å². The molecule has 0 saturated heterocycles. The first-order chi connectivity index (χ1) is 9.90. The number of aromatic nitrogens is 1. The van der Waals surface area contributed by atoms with E-state index in [9.17, 15) is 13.2 Å². The van der Waals surface area contributed by atoms with Gasteiger partial charge in [0.1, 0.15) is 0 Å². The van der Waals surface area contributed by atoms with E-state index in [1.807, 2.05) is 25.1 Å². The average molecular weight is 335 g/mol. The minimum absolute atomic E-state index is 0.206. The highest BCUT2D eigenvalue weighted by atomic mass is 35.5. The lowest BCUT2D eigenvalue weighted by Gasteiger charge is -2.16. The molecule has 0 saturated carbocycles. The highest BCUT2D eigenvalue weighted by molar-refractivity contribution is 7.11. The number of thiazole rings is 1. The summed E-state index contributed by atoms with van der Waals surface area (Å²) in [5.74, 6) is 0. The van der Waals surface area contributed by atoms with E-state index in [4.69, 9.17) is 11.6 Å². The van der Waals surface area contributed by atoms with Gasteiger partial charge >= 0.3 is 6.18 Å². The molecule has 2 aromatic rings. The molecule has 1 heterocycles. The summed E-state index contributed by atoms with van der Waals surface area (Å²) in [4.78, 5) is 4.05. The second-order valence-corrected chi connectivity index (χ2v) is 6.01. The minimum atomic E-state index is -4.39. The summed E-state index contributed by atoms with van der Waals surface area (Å²) in [6.07, 6.45) is -2.53. The Labute approximate surface area is 130 Å². The first-order valence-corrected chi connectivity index (χ1v) is 7.60. The number of benzene rings is 1. The van der Waals surface area contributed by atoms with Crippen LogP contribution in [0.4, 0.5) is 13.2 Å². The maximum atomic E-state index is 12.6. The first kappa shape index (κ1) is 16.3. The van der Waals surface area contributed by atoms with Gasteiger partial charge in [-0.3, -0.25) is 0 Å². The Morgan fingerprint density at radius 2 is 2.14 bits per heavy atom. The molecular formula is C14H14ClF3N2S. The van der Waals surface area contributed by atoms with Crippen LogP contribution in [-0.4, -0.2) is 11.5 Å². The molecule has 7 heteroatoms. The fourth-order valence-corrected chi connectivity index (χ4v) is 3.07. The van der Waals surface area contributed by atoms with Crippen LogP contribution in [0.15, 0.2) is 30.5 Å². The molecule has 1 unspecified atom stereocenters. The molecule has 0 aliphatic rings. The molecule has 114 valence electrons. The summed E-state index contributed by atoms with van der Waals surface area (Å²) >= 11 is 6.62. The van der Waals surface area contributed by atoms with Gasteiger partial charge < -0.3 is 5.32 Å². The third-order valence-electron chi connectivity index (χ3n) is 2.89. The normalized spacial score (nSPS) is 13.4. The van der Waals surface area contributed by atoms with Gasteiger partial charge in [-0.1, -0.05) is 30.7 Å². The third kappa shape index (κ3) is 4.43. The summed E-state index contributed by atoms with van der Waals surface area (Å²) in [6.45, 7) is 2.57. The molecule has 1 aromatic heterocycles. The topological polar surface area (TPSA) is 24.9 Å². The van der Waals surface area contributed by atoms with E-state index in [0.29, 0.717) is 34.2 Å². The molecule has 0 amide bonds. The maximum absolute atomic E-state index is 12.6. The summed E-state index contributed by atoms with van der Waals surface area (Å²) in [5.41, 5.74) is 0.968. The van der Waals surface area contributed by atoms with E-state index in [2.05, 4.69) is 10.3 Å². The van der Waals surface area contributed by atoms with Crippen LogP contribution in [0.25, 0.3) is 0 Å². The van der Waals surface area contributed by atoms with Crippen molar-refractivity contribution < 1.29 is 13.2 Å². The van der Waals surface area contributed by atoms with Crippen LogP contribution in [0.5, 0.6) is 0 Å². The Kier molecular flexibility index (Phi) is 5.24. The predicted molar refractivity (Wildman–Crippen MR) is 78.7 cm³/mol. The van der Waals surface area contributed by atoms with Crippen molar-refractivity contribution in [3.8, 4) is 0 Å². The van der Waals surface area contributed by atoms with Crippen LogP contribution in [0, 0.1) is 0 Å². The van der Waals surface area contributed by atoms with E-state index in [-0.39, 0.29) is 6.04 Å². The Hall–Kier alpha value is -1.11. The van der Waals surface area contributed by atoms with Crippen molar-refractivity contribution in [3.05, 3.63) is 50.9 Å². The Balaban J connectivity index is 2.20. The van der Waals surface area contributed by atoms with Crippen molar-refractivity contribution in [1.82, 2.24) is 10.3 Å². The molecule has 0 aliphatic carbocycles. The van der Waals surface area contributed by atoms with Gasteiger partial charge in [0.2, 0.25) is 0 Å². The number of halogens is 4. The van der Waals surface area contributed by atoms with Gasteiger partial charge in [-0.25, -0.2) is 4.98 Å². The molecule has 2 nitrogen and oxygen atoms in total. The van der Waals surface area contributed by atoms with Gasteiger partial charge in [-0.15, -0.1) is 11.3 Å². The smallest absolute Gasteiger partial charge is 0.309 e. The lowest BCUT2D eigenvalue weighted by Crippen LogP contribution is -2.22. The molecule has 0 aliphatic heterocycles. The van der Waals surface area contributed by atoms with Gasteiger partial charge in [0.05, 0.1) is 0 Å². The number of rotatable bonds is 5. The van der Waals surface area contributed by atoms with E-state index < -0.39 is 11.2 Å². The van der Waals surface area contributed by atoms with Crippen LogP contribution in [0.3, 0.4) is 0 Å². The number of hydrogen-bond donors (Lipinski definition) is 1. The van der Waals surface area contributed by atoms with Crippen LogP contribution < -0.4 is 5.32 Å². The average Bonchev–Trinajstić information content (AvgIpc) is 2.87. The SMILES string of the molecule is CCNC(Cc1cccc(Cl)c1)c1cnc(C(F)(F)F)s1. The van der Waals surface area contributed by atoms with E-state index in [1.165, 1.54) is 6.20 Å². The Morgan fingerprint density at radius 3 is 2.71 bits per heavy atom. The van der Waals surface area contributed by atoms with Crippen molar-refractivity contribution in [2.45, 2.75) is 25.6 Å². The zero-order chi connectivity index (χ0) is 15.5. The third-order valence-corrected chi connectivity index (χ3v) is 4.28. The monoisotopic (exact) mass is 334 g/mol. The maximum Gasteiger partial charge on any atom is 0.443 e. The van der Waals surface area contributed by atoms with Crippen molar-refractivity contribution in [2.75, 3.05) is 6.54 Å². The van der Waals surface area contributed by atoms with Crippen LogP contribution in [0.2, 0.25) is 5.02 Å². The summed E-state index contributed by atoms with van der Waals surface area (Å²) in [7, 11) is 0. The molecule has 0 bridgehead atoms. The van der Waals surface area contributed by atoms with E-state index in [1.54, 1.807) is 6.07 Å². The number of nitrogens with one attached hydrogen (secondary N) is 1. The summed E-state index contributed by atoms with van der Waals surface area (Å²) in [5, 5.41) is 2.99. The summed E-state index contributed by atoms with van der Waals surface area (Å²) < 4.78 is 37.9. The Bertz CT molecular complexity index is 598. The highest BCUT2D eigenvalue weighted by Crippen LogP contribution is 2.35. The standard InChI is InChI=1S/C14H14ClF3N2S/c1-2-19-11(7-9-4-3-5-10(15)6-9)12-8-20-13(21-12)14(16,17)18/h3-6,8,11,19H,2,7H2,1H3. The van der Waals surface area contributed by atoms with Crippen LogP contribution in [-0.2, 0) is 12.6 Å². The summed E-state index contributed by atoms with van der Waals surface area (Å²) in [6, 6.07) is 7.11. The van der Waals surface area contributed by atoms with Gasteiger partial charge in [-0.2, -0.15) is 13.2 Å². The van der Waals surface area contributed by atoms with Crippen LogP contribution >= 0.6 is 22.9 Å². The zero-order valence-electron chi connectivity index (χ0n) is 11.2. The first-order valence-electron chi connectivity index (χ1n) is 6.41. The van der Waals surface area contributed by atoms with E-state index >= 15 is 0 Å². The predicted octanol–water partition coefficient (Wildman–Crippen LogP) is 4.71. The number of nitrogens with zero attached hydrogens (tertiary/aromatic N) is 1. The lowest BCUT2D eigenvalue weighted by atomic mass is 10.1. The van der Waals surface area contributed by atoms with Gasteiger partial charge in [-0.05, 0) is 30.7 Å². The number of hydrogen-bond acceptors (Lipinski definition) is 3. The highest BCUT2D eigenvalue weighted by Gasteiger charge is 2.35. The molecule has 2 rings (SSSR count). The van der Waals surface area contributed by atoms with Gasteiger partial charge in [0, 0.05) is 22.1 Å². The van der Waals surface area contributed by atoms with Crippen LogP contribution in [0.1, 0.15) is 28.4 Å². The molecule has 1 aromatic carbocycles. The number of likely N-dealkylation sites (N-methyl/N-ethyl adjacent to an activating group) is 1. The zero-order valence-corrected chi connectivity index (χ0v) is 12.8. The Morgan fingerprint density at radius 1 is 1.38 bits per heavy atom. The van der Waals surface area contributed by atoms with Crippen molar-refractivity contribution in [3.63, 3.8) is 0 Å². The molecule has 0 fully saturated rings. The number of alkyl halides is 3. The quantitative estimate of drug-likeness (QED) is 0.856. The molecule has 0 radical (unpaired) electrons. The lowest BCUT2D eigenvalue weighted by molar-refractivity contribution is -0.137. The second-order valence-electron chi connectivity index (χ2n) is 4.51. The van der Waals surface area contributed by atoms with Crippen molar-refractivity contribution >= 4 is 22.9 Å². The fraction of sp³-hybridized carbons (Fsp3) is 0.357. The molecule has 0 spiro atoms. The minimum Gasteiger partial charge on any atom is -0.309 e.